The molecule has 2 nitrogen and oxygen atoms in total. The first-order valence-electron chi connectivity index (χ1n) is 6.71. The average Bonchev–Trinajstić information content (AvgIpc) is 2.40. The molecule has 3 heteroatoms. The fraction of sp³-hybridized carbons (Fsp3) is 0.600. The van der Waals surface area contributed by atoms with Crippen molar-refractivity contribution in [3.63, 3.8) is 0 Å². The van der Waals surface area contributed by atoms with Gasteiger partial charge < -0.3 is 9.84 Å². The van der Waals surface area contributed by atoms with E-state index in [0.717, 1.165) is 24.2 Å². The highest BCUT2D eigenvalue weighted by Gasteiger charge is 2.22. The Labute approximate surface area is 114 Å². The number of halogens is 1. The van der Waals surface area contributed by atoms with E-state index < -0.39 is 0 Å². The molecule has 1 aromatic rings. The number of benzene rings is 1. The molecule has 1 aromatic carbocycles. The molecule has 0 saturated heterocycles. The van der Waals surface area contributed by atoms with Crippen molar-refractivity contribution in [1.29, 1.82) is 0 Å². The van der Waals surface area contributed by atoms with Gasteiger partial charge in [-0.05, 0) is 42.5 Å². The van der Waals surface area contributed by atoms with Gasteiger partial charge in [0.05, 0.1) is 13.2 Å². The molecule has 0 radical (unpaired) electrons. The number of ether oxygens (including phenoxy) is 1. The van der Waals surface area contributed by atoms with Crippen molar-refractivity contribution >= 4 is 11.6 Å². The summed E-state index contributed by atoms with van der Waals surface area (Å²) in [4.78, 5) is 0. The lowest BCUT2D eigenvalue weighted by Crippen LogP contribution is -2.25. The highest BCUT2D eigenvalue weighted by molar-refractivity contribution is 6.30. The van der Waals surface area contributed by atoms with E-state index in [0.29, 0.717) is 17.4 Å². The maximum Gasteiger partial charge on any atom is 0.122 e. The second-order valence-electron chi connectivity index (χ2n) is 5.13. The van der Waals surface area contributed by atoms with Gasteiger partial charge in [0.15, 0.2) is 0 Å². The van der Waals surface area contributed by atoms with E-state index in [-0.39, 0.29) is 6.10 Å². The largest absolute Gasteiger partial charge is 0.496 e. The molecule has 1 unspecified atom stereocenters. The van der Waals surface area contributed by atoms with Crippen LogP contribution in [-0.4, -0.2) is 18.3 Å². The van der Waals surface area contributed by atoms with Gasteiger partial charge in [-0.1, -0.05) is 30.9 Å². The predicted octanol–water partition coefficient (Wildman–Crippen LogP) is 3.83. The summed E-state index contributed by atoms with van der Waals surface area (Å²) < 4.78 is 5.32. The lowest BCUT2D eigenvalue weighted by atomic mass is 9.83. The van der Waals surface area contributed by atoms with Crippen LogP contribution in [0.1, 0.15) is 37.7 Å². The third kappa shape index (κ3) is 3.39. The van der Waals surface area contributed by atoms with Crippen molar-refractivity contribution < 1.29 is 9.84 Å². The molecule has 18 heavy (non-hydrogen) atoms. The van der Waals surface area contributed by atoms with E-state index in [2.05, 4.69) is 0 Å². The van der Waals surface area contributed by atoms with E-state index in [9.17, 15) is 5.11 Å². The molecule has 0 spiro atoms. The quantitative estimate of drug-likeness (QED) is 0.899. The first kappa shape index (κ1) is 13.7. The van der Waals surface area contributed by atoms with E-state index in [1.54, 1.807) is 7.11 Å². The first-order valence-corrected chi connectivity index (χ1v) is 7.09. The van der Waals surface area contributed by atoms with Crippen molar-refractivity contribution in [2.45, 2.75) is 44.6 Å². The molecule has 0 heterocycles. The molecular weight excluding hydrogens is 248 g/mol. The topological polar surface area (TPSA) is 29.5 Å². The number of aliphatic hydroxyl groups excluding tert-OH is 1. The minimum absolute atomic E-state index is 0.280. The molecule has 0 amide bonds. The maximum atomic E-state index is 10.3. The molecule has 1 saturated carbocycles. The van der Waals surface area contributed by atoms with Gasteiger partial charge in [-0.2, -0.15) is 0 Å². The standard InChI is InChI=1S/C15H21ClO2/c1-18-15-8-7-13(16)9-12(15)10-14(17)11-5-3-2-4-6-11/h7-9,11,14,17H,2-6,10H2,1H3. The molecule has 2 rings (SSSR count). The zero-order valence-electron chi connectivity index (χ0n) is 10.9. The van der Waals surface area contributed by atoms with Crippen LogP contribution in [-0.2, 0) is 6.42 Å². The van der Waals surface area contributed by atoms with Crippen LogP contribution in [0, 0.1) is 5.92 Å². The fourth-order valence-electron chi connectivity index (χ4n) is 2.82. The summed E-state index contributed by atoms with van der Waals surface area (Å²) in [6, 6.07) is 5.58. The number of aliphatic hydroxyl groups is 1. The van der Waals surface area contributed by atoms with E-state index in [1.807, 2.05) is 18.2 Å². The van der Waals surface area contributed by atoms with Crippen molar-refractivity contribution in [1.82, 2.24) is 0 Å². The average molecular weight is 269 g/mol. The van der Waals surface area contributed by atoms with E-state index in [4.69, 9.17) is 16.3 Å². The predicted molar refractivity (Wildman–Crippen MR) is 74.3 cm³/mol. The maximum absolute atomic E-state index is 10.3. The van der Waals surface area contributed by atoms with E-state index in [1.165, 1.54) is 19.3 Å². The van der Waals surface area contributed by atoms with Gasteiger partial charge in [-0.25, -0.2) is 0 Å². The molecule has 1 aliphatic rings. The smallest absolute Gasteiger partial charge is 0.122 e. The Bertz CT molecular complexity index is 386. The van der Waals surface area contributed by atoms with Gasteiger partial charge in [0.2, 0.25) is 0 Å². The Balaban J connectivity index is 2.05. The third-order valence-electron chi connectivity index (χ3n) is 3.87. The zero-order chi connectivity index (χ0) is 13.0. The lowest BCUT2D eigenvalue weighted by Gasteiger charge is -2.27. The summed E-state index contributed by atoms with van der Waals surface area (Å²) >= 11 is 6.01. The second-order valence-corrected chi connectivity index (χ2v) is 5.56. The Morgan fingerprint density at radius 1 is 1.33 bits per heavy atom. The lowest BCUT2D eigenvalue weighted by molar-refractivity contribution is 0.0845. The van der Waals surface area contributed by atoms with Gasteiger partial charge in [-0.3, -0.25) is 0 Å². The van der Waals surface area contributed by atoms with Gasteiger partial charge in [0.1, 0.15) is 5.75 Å². The normalized spacial score (nSPS) is 18.6. The van der Waals surface area contributed by atoms with Crippen LogP contribution in [0.3, 0.4) is 0 Å². The van der Waals surface area contributed by atoms with Crippen LogP contribution < -0.4 is 4.74 Å². The van der Waals surface area contributed by atoms with Crippen molar-refractivity contribution in [2.24, 2.45) is 5.92 Å². The van der Waals surface area contributed by atoms with Crippen LogP contribution in [0.5, 0.6) is 5.75 Å². The molecular formula is C15H21ClO2. The number of methoxy groups -OCH3 is 1. The second kappa shape index (κ2) is 6.44. The number of hydrogen-bond acceptors (Lipinski definition) is 2. The van der Waals surface area contributed by atoms with E-state index >= 15 is 0 Å². The highest BCUT2D eigenvalue weighted by Crippen LogP contribution is 2.30. The molecule has 0 aromatic heterocycles. The molecule has 1 atom stereocenters. The van der Waals surface area contributed by atoms with Crippen LogP contribution in [0.2, 0.25) is 5.02 Å². The summed E-state index contributed by atoms with van der Waals surface area (Å²) in [5.41, 5.74) is 1.00. The fourth-order valence-corrected chi connectivity index (χ4v) is 3.01. The summed E-state index contributed by atoms with van der Waals surface area (Å²) in [5.74, 6) is 1.25. The number of hydrogen-bond donors (Lipinski definition) is 1. The molecule has 1 N–H and O–H groups in total. The highest BCUT2D eigenvalue weighted by atomic mass is 35.5. The Morgan fingerprint density at radius 2 is 2.06 bits per heavy atom. The van der Waals surface area contributed by atoms with Gasteiger partial charge >= 0.3 is 0 Å². The van der Waals surface area contributed by atoms with Crippen LogP contribution in [0.4, 0.5) is 0 Å². The SMILES string of the molecule is COc1ccc(Cl)cc1CC(O)C1CCCCC1. The minimum atomic E-state index is -0.280. The Morgan fingerprint density at radius 3 is 2.72 bits per heavy atom. The molecule has 100 valence electrons. The number of rotatable bonds is 4. The Hall–Kier alpha value is -0.730. The molecule has 1 fully saturated rings. The van der Waals surface area contributed by atoms with Gasteiger partial charge in [0.25, 0.3) is 0 Å². The molecule has 0 aliphatic heterocycles. The summed E-state index contributed by atoms with van der Waals surface area (Å²) in [6.07, 6.45) is 6.44. The molecule has 1 aliphatic carbocycles. The van der Waals surface area contributed by atoms with Gasteiger partial charge in [-0.15, -0.1) is 0 Å². The van der Waals surface area contributed by atoms with Crippen LogP contribution in [0.15, 0.2) is 18.2 Å². The first-order chi connectivity index (χ1) is 8.70. The molecule has 0 bridgehead atoms. The summed E-state index contributed by atoms with van der Waals surface area (Å²) in [7, 11) is 1.65. The Kier molecular flexibility index (Phi) is 4.90. The zero-order valence-corrected chi connectivity index (χ0v) is 11.6. The third-order valence-corrected chi connectivity index (χ3v) is 4.10. The van der Waals surface area contributed by atoms with Crippen LogP contribution in [0.25, 0.3) is 0 Å². The van der Waals surface area contributed by atoms with Crippen molar-refractivity contribution in [3.05, 3.63) is 28.8 Å². The summed E-state index contributed by atoms with van der Waals surface area (Å²) in [5, 5.41) is 11.0. The van der Waals surface area contributed by atoms with Crippen molar-refractivity contribution in [3.8, 4) is 5.75 Å². The van der Waals surface area contributed by atoms with Crippen molar-refractivity contribution in [2.75, 3.05) is 7.11 Å². The monoisotopic (exact) mass is 268 g/mol. The van der Waals surface area contributed by atoms with Gasteiger partial charge in [0, 0.05) is 11.4 Å². The summed E-state index contributed by atoms with van der Waals surface area (Å²) in [6.45, 7) is 0. The van der Waals surface area contributed by atoms with Crippen LogP contribution >= 0.6 is 11.6 Å². The minimum Gasteiger partial charge on any atom is -0.496 e.